The van der Waals surface area contributed by atoms with E-state index in [0.717, 1.165) is 27.9 Å². The molecule has 94 valence electrons. The van der Waals surface area contributed by atoms with Crippen LogP contribution in [0.4, 0.5) is 0 Å². The van der Waals surface area contributed by atoms with Crippen molar-refractivity contribution in [2.24, 2.45) is 0 Å². The number of ether oxygens (including phenoxy) is 1. The number of methoxy groups -OCH3 is 1. The van der Waals surface area contributed by atoms with Gasteiger partial charge in [0.25, 0.3) is 0 Å². The molecule has 0 radical (unpaired) electrons. The Morgan fingerprint density at radius 2 is 1.68 bits per heavy atom. The standard InChI is InChI=1S/C16H13NO2/c1-19-14-8-4-12-5-9-15(17-16(12)10-14)11-2-6-13(18)7-3-11/h2-10,18H,1H3. The molecule has 3 nitrogen and oxygen atoms in total. The Bertz CT molecular complexity index is 720. The van der Waals surface area contributed by atoms with E-state index >= 15 is 0 Å². The van der Waals surface area contributed by atoms with Crippen molar-refractivity contribution in [3.8, 4) is 22.8 Å². The van der Waals surface area contributed by atoms with Crippen LogP contribution in [0.5, 0.6) is 11.5 Å². The second kappa shape index (κ2) is 4.61. The third-order valence-electron chi connectivity index (χ3n) is 3.06. The molecule has 0 unspecified atom stereocenters. The van der Waals surface area contributed by atoms with Crippen molar-refractivity contribution in [3.05, 3.63) is 54.6 Å². The van der Waals surface area contributed by atoms with Crippen molar-refractivity contribution in [2.75, 3.05) is 7.11 Å². The number of rotatable bonds is 2. The van der Waals surface area contributed by atoms with Crippen LogP contribution in [0.2, 0.25) is 0 Å². The fourth-order valence-electron chi connectivity index (χ4n) is 2.02. The molecule has 0 aliphatic rings. The van der Waals surface area contributed by atoms with Gasteiger partial charge in [-0.2, -0.15) is 0 Å². The average Bonchev–Trinajstić information content (AvgIpc) is 2.47. The Morgan fingerprint density at radius 3 is 2.42 bits per heavy atom. The quantitative estimate of drug-likeness (QED) is 0.756. The number of aromatic nitrogens is 1. The van der Waals surface area contributed by atoms with E-state index in [1.165, 1.54) is 0 Å². The van der Waals surface area contributed by atoms with Crippen LogP contribution in [0.25, 0.3) is 22.2 Å². The predicted octanol–water partition coefficient (Wildman–Crippen LogP) is 3.62. The van der Waals surface area contributed by atoms with Crippen molar-refractivity contribution in [3.63, 3.8) is 0 Å². The Hall–Kier alpha value is -2.55. The molecule has 0 fully saturated rings. The van der Waals surface area contributed by atoms with Crippen LogP contribution in [0, 0.1) is 0 Å². The van der Waals surface area contributed by atoms with E-state index in [1.54, 1.807) is 19.2 Å². The van der Waals surface area contributed by atoms with Crippen molar-refractivity contribution < 1.29 is 9.84 Å². The molecule has 0 amide bonds. The SMILES string of the molecule is COc1ccc2ccc(-c3ccc(O)cc3)nc2c1. The number of nitrogens with zero attached hydrogens (tertiary/aromatic N) is 1. The highest BCUT2D eigenvalue weighted by molar-refractivity contribution is 5.82. The predicted molar refractivity (Wildman–Crippen MR) is 75.4 cm³/mol. The van der Waals surface area contributed by atoms with E-state index in [4.69, 9.17) is 4.74 Å². The molecular weight excluding hydrogens is 238 g/mol. The highest BCUT2D eigenvalue weighted by atomic mass is 16.5. The van der Waals surface area contributed by atoms with Crippen molar-refractivity contribution in [1.29, 1.82) is 0 Å². The first-order chi connectivity index (χ1) is 9.26. The molecule has 0 aliphatic carbocycles. The lowest BCUT2D eigenvalue weighted by Crippen LogP contribution is -1.87. The average molecular weight is 251 g/mol. The molecule has 1 aromatic heterocycles. The maximum absolute atomic E-state index is 9.31. The number of pyridine rings is 1. The molecule has 0 atom stereocenters. The number of phenols is 1. The maximum atomic E-state index is 9.31. The molecule has 19 heavy (non-hydrogen) atoms. The Labute approximate surface area is 111 Å². The molecular formula is C16H13NO2. The van der Waals surface area contributed by atoms with Gasteiger partial charge in [0, 0.05) is 17.0 Å². The van der Waals surface area contributed by atoms with Gasteiger partial charge in [-0.05, 0) is 42.5 Å². The van der Waals surface area contributed by atoms with E-state index in [2.05, 4.69) is 4.98 Å². The van der Waals surface area contributed by atoms with Crippen LogP contribution in [0.15, 0.2) is 54.6 Å². The second-order valence-corrected chi connectivity index (χ2v) is 4.30. The summed E-state index contributed by atoms with van der Waals surface area (Å²) in [6, 6.07) is 16.9. The lowest BCUT2D eigenvalue weighted by molar-refractivity contribution is 0.415. The normalized spacial score (nSPS) is 10.6. The van der Waals surface area contributed by atoms with E-state index in [0.29, 0.717) is 0 Å². The van der Waals surface area contributed by atoms with Gasteiger partial charge in [0.1, 0.15) is 11.5 Å². The van der Waals surface area contributed by atoms with Crippen LogP contribution in [0.3, 0.4) is 0 Å². The Kier molecular flexibility index (Phi) is 2.80. The van der Waals surface area contributed by atoms with Crippen LogP contribution < -0.4 is 4.74 Å². The molecule has 2 aromatic carbocycles. The van der Waals surface area contributed by atoms with Gasteiger partial charge < -0.3 is 9.84 Å². The number of fused-ring (bicyclic) bond motifs is 1. The van der Waals surface area contributed by atoms with Gasteiger partial charge in [0.05, 0.1) is 18.3 Å². The molecule has 0 saturated carbocycles. The molecule has 0 saturated heterocycles. The Balaban J connectivity index is 2.12. The second-order valence-electron chi connectivity index (χ2n) is 4.30. The molecule has 0 spiro atoms. The van der Waals surface area contributed by atoms with Crippen molar-refractivity contribution in [1.82, 2.24) is 4.98 Å². The lowest BCUT2D eigenvalue weighted by atomic mass is 10.1. The van der Waals surface area contributed by atoms with Crippen LogP contribution in [-0.2, 0) is 0 Å². The molecule has 3 aromatic rings. The summed E-state index contributed by atoms with van der Waals surface area (Å²) in [5, 5.41) is 10.4. The number of phenolic OH excluding ortho intramolecular Hbond substituents is 1. The molecule has 3 rings (SSSR count). The summed E-state index contributed by atoms with van der Waals surface area (Å²) in [4.78, 5) is 4.62. The highest BCUT2D eigenvalue weighted by Crippen LogP contribution is 2.25. The first kappa shape index (κ1) is 11.5. The Morgan fingerprint density at radius 1 is 0.947 bits per heavy atom. The van der Waals surface area contributed by atoms with Crippen molar-refractivity contribution in [2.45, 2.75) is 0 Å². The molecule has 0 aliphatic heterocycles. The fraction of sp³-hybridized carbons (Fsp3) is 0.0625. The fourth-order valence-corrected chi connectivity index (χ4v) is 2.02. The van der Waals surface area contributed by atoms with Gasteiger partial charge in [-0.3, -0.25) is 0 Å². The summed E-state index contributed by atoms with van der Waals surface area (Å²) >= 11 is 0. The maximum Gasteiger partial charge on any atom is 0.121 e. The van der Waals surface area contributed by atoms with E-state index in [9.17, 15) is 5.11 Å². The van der Waals surface area contributed by atoms with E-state index < -0.39 is 0 Å². The largest absolute Gasteiger partial charge is 0.508 e. The van der Waals surface area contributed by atoms with Crippen LogP contribution in [-0.4, -0.2) is 17.2 Å². The minimum atomic E-state index is 0.256. The summed E-state index contributed by atoms with van der Waals surface area (Å²) in [6.45, 7) is 0. The summed E-state index contributed by atoms with van der Waals surface area (Å²) in [6.07, 6.45) is 0. The van der Waals surface area contributed by atoms with Gasteiger partial charge in [-0.25, -0.2) is 4.98 Å². The van der Waals surface area contributed by atoms with Crippen LogP contribution in [0.1, 0.15) is 0 Å². The number of aromatic hydroxyl groups is 1. The topological polar surface area (TPSA) is 42.4 Å². The van der Waals surface area contributed by atoms with Gasteiger partial charge in [-0.15, -0.1) is 0 Å². The monoisotopic (exact) mass is 251 g/mol. The number of hydrogen-bond donors (Lipinski definition) is 1. The zero-order valence-electron chi connectivity index (χ0n) is 10.5. The molecule has 0 bridgehead atoms. The minimum absolute atomic E-state index is 0.256. The van der Waals surface area contributed by atoms with Gasteiger partial charge in [-0.1, -0.05) is 6.07 Å². The zero-order chi connectivity index (χ0) is 13.2. The number of hydrogen-bond acceptors (Lipinski definition) is 3. The van der Waals surface area contributed by atoms with Crippen LogP contribution >= 0.6 is 0 Å². The summed E-state index contributed by atoms with van der Waals surface area (Å²) in [5.41, 5.74) is 2.74. The van der Waals surface area contributed by atoms with Crippen molar-refractivity contribution >= 4 is 10.9 Å². The van der Waals surface area contributed by atoms with Gasteiger partial charge in [0.15, 0.2) is 0 Å². The van der Waals surface area contributed by atoms with E-state index in [-0.39, 0.29) is 5.75 Å². The third kappa shape index (κ3) is 2.22. The highest BCUT2D eigenvalue weighted by Gasteiger charge is 2.03. The first-order valence-corrected chi connectivity index (χ1v) is 6.00. The minimum Gasteiger partial charge on any atom is -0.508 e. The zero-order valence-corrected chi connectivity index (χ0v) is 10.5. The molecule has 1 N–H and O–H groups in total. The lowest BCUT2D eigenvalue weighted by Gasteiger charge is -2.05. The summed E-state index contributed by atoms with van der Waals surface area (Å²) in [5.74, 6) is 1.05. The number of benzene rings is 2. The van der Waals surface area contributed by atoms with E-state index in [1.807, 2.05) is 42.5 Å². The van der Waals surface area contributed by atoms with Gasteiger partial charge >= 0.3 is 0 Å². The summed E-state index contributed by atoms with van der Waals surface area (Å²) in [7, 11) is 1.64. The first-order valence-electron chi connectivity index (χ1n) is 6.00. The molecule has 3 heteroatoms. The summed E-state index contributed by atoms with van der Waals surface area (Å²) < 4.78 is 5.21. The smallest absolute Gasteiger partial charge is 0.121 e. The third-order valence-corrected chi connectivity index (χ3v) is 3.06. The van der Waals surface area contributed by atoms with Gasteiger partial charge in [0.2, 0.25) is 0 Å². The molecule has 1 heterocycles.